The highest BCUT2D eigenvalue weighted by atomic mass is 35.5. The molecular formula is C28H28Cl2N2O5S. The van der Waals surface area contributed by atoms with Crippen molar-refractivity contribution in [2.75, 3.05) is 13.1 Å². The third kappa shape index (κ3) is 6.74. The van der Waals surface area contributed by atoms with Crippen LogP contribution in [0.3, 0.4) is 0 Å². The highest BCUT2D eigenvalue weighted by Gasteiger charge is 2.35. The third-order valence-electron chi connectivity index (χ3n) is 6.62. The van der Waals surface area contributed by atoms with Crippen LogP contribution in [0.5, 0.6) is 0 Å². The largest absolute Gasteiger partial charge is 0.480 e. The molecule has 2 N–H and O–H groups in total. The average Bonchev–Trinajstić information content (AvgIpc) is 2.88. The van der Waals surface area contributed by atoms with Crippen molar-refractivity contribution in [1.82, 2.24) is 9.62 Å². The third-order valence-corrected chi connectivity index (χ3v) is 8.90. The second-order valence-electron chi connectivity index (χ2n) is 9.47. The number of hydrogen-bond acceptors (Lipinski definition) is 4. The van der Waals surface area contributed by atoms with Crippen LogP contribution in [0.15, 0.2) is 71.6 Å². The Balaban J connectivity index is 1.42. The fourth-order valence-electron chi connectivity index (χ4n) is 4.51. The smallest absolute Gasteiger partial charge is 0.326 e. The number of nitrogens with zero attached hydrogens (tertiary/aromatic N) is 1. The molecule has 38 heavy (non-hydrogen) atoms. The van der Waals surface area contributed by atoms with Crippen molar-refractivity contribution in [3.05, 3.63) is 87.9 Å². The predicted octanol–water partition coefficient (Wildman–Crippen LogP) is 5.18. The Labute approximate surface area is 232 Å². The molecule has 1 saturated heterocycles. The summed E-state index contributed by atoms with van der Waals surface area (Å²) in [6.07, 6.45) is 1.01. The maximum absolute atomic E-state index is 13.2. The molecule has 1 amide bonds. The van der Waals surface area contributed by atoms with Gasteiger partial charge in [0.15, 0.2) is 0 Å². The summed E-state index contributed by atoms with van der Waals surface area (Å²) in [5, 5.41) is 12.8. The van der Waals surface area contributed by atoms with Gasteiger partial charge in [0.05, 0.1) is 10.8 Å². The lowest BCUT2D eigenvalue weighted by molar-refractivity contribution is -0.142. The Morgan fingerprint density at radius 2 is 1.58 bits per heavy atom. The summed E-state index contributed by atoms with van der Waals surface area (Å²) in [5.41, 5.74) is 3.99. The van der Waals surface area contributed by atoms with Crippen LogP contribution in [0.1, 0.15) is 24.0 Å². The molecule has 0 aromatic heterocycles. The molecule has 1 fully saturated rings. The molecule has 0 aliphatic carbocycles. The first-order valence-electron chi connectivity index (χ1n) is 12.2. The minimum Gasteiger partial charge on any atom is -0.480 e. The van der Waals surface area contributed by atoms with E-state index >= 15 is 0 Å². The summed E-state index contributed by atoms with van der Waals surface area (Å²) in [6.45, 7) is 2.20. The number of rotatable bonds is 8. The molecule has 7 nitrogen and oxygen atoms in total. The number of piperidine rings is 1. The molecule has 10 heteroatoms. The number of sulfonamides is 1. The zero-order valence-corrected chi connectivity index (χ0v) is 23.1. The average molecular weight is 576 g/mol. The minimum absolute atomic E-state index is 0.0476. The van der Waals surface area contributed by atoms with Gasteiger partial charge in [0, 0.05) is 29.6 Å². The number of benzene rings is 3. The van der Waals surface area contributed by atoms with Crippen LogP contribution in [-0.2, 0) is 26.0 Å². The number of aryl methyl sites for hydroxylation is 1. The highest BCUT2D eigenvalue weighted by Crippen LogP contribution is 2.28. The number of nitrogens with one attached hydrogen (secondary N) is 1. The number of carbonyl (C=O) groups is 2. The molecule has 2 atom stereocenters. The Bertz CT molecular complexity index is 1410. The Kier molecular flexibility index (Phi) is 8.78. The second kappa shape index (κ2) is 11.9. The second-order valence-corrected chi connectivity index (χ2v) is 12.3. The lowest BCUT2D eigenvalue weighted by Gasteiger charge is -2.32. The van der Waals surface area contributed by atoms with Gasteiger partial charge < -0.3 is 10.4 Å². The zero-order chi connectivity index (χ0) is 27.4. The van der Waals surface area contributed by atoms with Gasteiger partial charge in [-0.2, -0.15) is 4.31 Å². The molecule has 0 saturated carbocycles. The van der Waals surface area contributed by atoms with Gasteiger partial charge in [0.2, 0.25) is 15.9 Å². The highest BCUT2D eigenvalue weighted by molar-refractivity contribution is 7.89. The first kappa shape index (κ1) is 28.1. The van der Waals surface area contributed by atoms with E-state index in [9.17, 15) is 23.1 Å². The van der Waals surface area contributed by atoms with Gasteiger partial charge in [0.1, 0.15) is 6.04 Å². The van der Waals surface area contributed by atoms with E-state index in [0.717, 1.165) is 22.3 Å². The van der Waals surface area contributed by atoms with E-state index in [1.54, 1.807) is 0 Å². The Morgan fingerprint density at radius 1 is 1.00 bits per heavy atom. The van der Waals surface area contributed by atoms with Crippen LogP contribution in [0, 0.1) is 12.8 Å². The van der Waals surface area contributed by atoms with Crippen molar-refractivity contribution in [2.24, 2.45) is 5.92 Å². The SMILES string of the molecule is Cc1ccc(-c2ccc(C[C@H](NC(=O)C3CCCN(S(=O)(=O)c4cc(Cl)cc(Cl)c4)C3)C(=O)O)cc2)cc1. The number of halogens is 2. The summed E-state index contributed by atoms with van der Waals surface area (Å²) in [7, 11) is -3.93. The summed E-state index contributed by atoms with van der Waals surface area (Å²) >= 11 is 12.0. The van der Waals surface area contributed by atoms with Crippen molar-refractivity contribution >= 4 is 45.1 Å². The first-order valence-corrected chi connectivity index (χ1v) is 14.4. The molecule has 200 valence electrons. The lowest BCUT2D eigenvalue weighted by Crippen LogP contribution is -2.50. The van der Waals surface area contributed by atoms with Gasteiger partial charge in [-0.3, -0.25) is 4.79 Å². The summed E-state index contributed by atoms with van der Waals surface area (Å²) < 4.78 is 27.5. The Morgan fingerprint density at radius 3 is 2.16 bits per heavy atom. The van der Waals surface area contributed by atoms with E-state index in [-0.39, 0.29) is 34.5 Å². The van der Waals surface area contributed by atoms with Crippen molar-refractivity contribution in [3.8, 4) is 11.1 Å². The molecule has 3 aromatic rings. The number of carboxylic acid groups (broad SMARTS) is 1. The van der Waals surface area contributed by atoms with E-state index < -0.39 is 33.9 Å². The van der Waals surface area contributed by atoms with Crippen molar-refractivity contribution in [1.29, 1.82) is 0 Å². The van der Waals surface area contributed by atoms with Gasteiger partial charge in [-0.25, -0.2) is 13.2 Å². The molecule has 0 radical (unpaired) electrons. The van der Waals surface area contributed by atoms with Gasteiger partial charge in [-0.1, -0.05) is 77.3 Å². The molecule has 1 aliphatic rings. The number of aliphatic carboxylic acids is 1. The molecule has 3 aromatic carbocycles. The van der Waals surface area contributed by atoms with Crippen molar-refractivity contribution in [2.45, 2.75) is 37.1 Å². The van der Waals surface area contributed by atoms with Gasteiger partial charge in [-0.05, 0) is 54.7 Å². The summed E-state index contributed by atoms with van der Waals surface area (Å²) in [4.78, 5) is 25.0. The van der Waals surface area contributed by atoms with E-state index in [2.05, 4.69) is 5.32 Å². The number of carboxylic acids is 1. The fourth-order valence-corrected chi connectivity index (χ4v) is 6.76. The lowest BCUT2D eigenvalue weighted by atomic mass is 9.97. The topological polar surface area (TPSA) is 104 Å². The van der Waals surface area contributed by atoms with Crippen LogP contribution >= 0.6 is 23.2 Å². The van der Waals surface area contributed by atoms with E-state index in [4.69, 9.17) is 23.2 Å². The summed E-state index contributed by atoms with van der Waals surface area (Å²) in [6, 6.07) is 18.6. The number of hydrogen-bond donors (Lipinski definition) is 2. The van der Waals surface area contributed by atoms with Crippen molar-refractivity contribution in [3.63, 3.8) is 0 Å². The van der Waals surface area contributed by atoms with Crippen LogP contribution in [-0.4, -0.2) is 48.8 Å². The molecule has 0 bridgehead atoms. The zero-order valence-electron chi connectivity index (χ0n) is 20.7. The van der Waals surface area contributed by atoms with E-state index in [0.29, 0.717) is 12.8 Å². The summed E-state index contributed by atoms with van der Waals surface area (Å²) in [5.74, 6) is -2.33. The number of amides is 1. The maximum atomic E-state index is 13.2. The molecule has 1 aliphatic heterocycles. The predicted molar refractivity (Wildman–Crippen MR) is 148 cm³/mol. The van der Waals surface area contributed by atoms with E-state index in [1.807, 2.05) is 55.5 Å². The van der Waals surface area contributed by atoms with Crippen LogP contribution in [0.25, 0.3) is 11.1 Å². The van der Waals surface area contributed by atoms with Crippen LogP contribution in [0.2, 0.25) is 10.0 Å². The minimum atomic E-state index is -3.93. The van der Waals surface area contributed by atoms with Gasteiger partial charge in [-0.15, -0.1) is 0 Å². The van der Waals surface area contributed by atoms with Crippen LogP contribution in [0.4, 0.5) is 0 Å². The van der Waals surface area contributed by atoms with Gasteiger partial charge >= 0.3 is 5.97 Å². The molecular weight excluding hydrogens is 547 g/mol. The normalized spacial score (nSPS) is 17.1. The molecule has 1 heterocycles. The van der Waals surface area contributed by atoms with Crippen LogP contribution < -0.4 is 5.32 Å². The monoisotopic (exact) mass is 574 g/mol. The first-order chi connectivity index (χ1) is 18.0. The van der Waals surface area contributed by atoms with Gasteiger partial charge in [0.25, 0.3) is 0 Å². The standard InChI is InChI=1S/C28H28Cl2N2O5S/c1-18-4-8-20(9-5-18)21-10-6-19(7-11-21)13-26(28(34)35)31-27(33)22-3-2-12-32(17-22)38(36,37)25-15-23(29)14-24(30)16-25/h4-11,14-16,22,26H,2-3,12-13,17H2,1H3,(H,31,33)(H,34,35)/t22?,26-/m0/s1. The quantitative estimate of drug-likeness (QED) is 0.385. The van der Waals surface area contributed by atoms with E-state index in [1.165, 1.54) is 22.5 Å². The fraction of sp³-hybridized carbons (Fsp3) is 0.286. The Hall–Kier alpha value is -2.91. The molecule has 1 unspecified atom stereocenters. The molecule has 4 rings (SSSR count). The maximum Gasteiger partial charge on any atom is 0.326 e. The van der Waals surface area contributed by atoms with Crippen molar-refractivity contribution < 1.29 is 23.1 Å². The number of carbonyl (C=O) groups excluding carboxylic acids is 1. The molecule has 0 spiro atoms.